The summed E-state index contributed by atoms with van der Waals surface area (Å²) in [6, 6.07) is 7.28. The highest BCUT2D eigenvalue weighted by molar-refractivity contribution is 7.92. The highest BCUT2D eigenvalue weighted by Crippen LogP contribution is 2.25. The van der Waals surface area contributed by atoms with E-state index < -0.39 is 33.3 Å². The Labute approximate surface area is 161 Å². The van der Waals surface area contributed by atoms with E-state index in [4.69, 9.17) is 9.52 Å². The van der Waals surface area contributed by atoms with Crippen LogP contribution in [0, 0.1) is 4.78 Å². The van der Waals surface area contributed by atoms with Gasteiger partial charge in [-0.2, -0.15) is 0 Å². The third-order valence-corrected chi connectivity index (χ3v) is 6.49. The summed E-state index contributed by atoms with van der Waals surface area (Å²) in [5, 5.41) is 2.41. The number of halogens is 2. The van der Waals surface area contributed by atoms with E-state index in [9.17, 15) is 17.8 Å². The van der Waals surface area contributed by atoms with Crippen LogP contribution in [-0.4, -0.2) is 65.5 Å². The second-order valence-electron chi connectivity index (χ2n) is 6.39. The standard InChI is InChI=1S/C16H20F2N4O3S2/c17-14(18)15(26)20-9-13-10-22(16(23)25-13)12-3-1-11(2-4-12)21-5-7-27(19,24)8-6-21/h1-4,13-14,19H,5-10H2,(H,20,26). The smallest absolute Gasteiger partial charge is 0.414 e. The average molecular weight is 418 g/mol. The van der Waals surface area contributed by atoms with Gasteiger partial charge in [-0.25, -0.2) is 17.8 Å². The number of benzene rings is 1. The fraction of sp³-hybridized carbons (Fsp3) is 0.500. The van der Waals surface area contributed by atoms with Crippen molar-refractivity contribution < 1.29 is 22.5 Å². The number of carbonyl (C=O) groups excluding carboxylic acids is 1. The normalized spacial score (nSPS) is 22.0. The number of cyclic esters (lactones) is 1. The summed E-state index contributed by atoms with van der Waals surface area (Å²) >= 11 is 4.51. The Morgan fingerprint density at radius 3 is 2.48 bits per heavy atom. The van der Waals surface area contributed by atoms with Gasteiger partial charge in [0.2, 0.25) is 0 Å². The summed E-state index contributed by atoms with van der Waals surface area (Å²) in [7, 11) is -2.45. The highest BCUT2D eigenvalue weighted by atomic mass is 32.2. The van der Waals surface area contributed by atoms with Gasteiger partial charge in [0, 0.05) is 45.7 Å². The number of thiocarbonyl (C=S) groups is 1. The quantitative estimate of drug-likeness (QED) is 0.712. The van der Waals surface area contributed by atoms with Gasteiger partial charge in [-0.3, -0.25) is 9.68 Å². The molecule has 1 amide bonds. The van der Waals surface area contributed by atoms with Crippen LogP contribution in [0.3, 0.4) is 0 Å². The topological polar surface area (TPSA) is 85.7 Å². The molecule has 1 unspecified atom stereocenters. The molecule has 3 rings (SSSR count). The summed E-state index contributed by atoms with van der Waals surface area (Å²) in [6.07, 6.45) is -3.84. The fourth-order valence-electron chi connectivity index (χ4n) is 2.96. The van der Waals surface area contributed by atoms with E-state index in [1.54, 1.807) is 12.1 Å². The Morgan fingerprint density at radius 2 is 1.89 bits per heavy atom. The van der Waals surface area contributed by atoms with Gasteiger partial charge in [-0.1, -0.05) is 12.2 Å². The maximum absolute atomic E-state index is 12.4. The predicted molar refractivity (Wildman–Crippen MR) is 103 cm³/mol. The Bertz CT molecular complexity index is 803. The second-order valence-corrected chi connectivity index (χ2v) is 9.27. The molecule has 148 valence electrons. The number of hydrogen-bond acceptors (Lipinski definition) is 6. The van der Waals surface area contributed by atoms with Gasteiger partial charge in [-0.05, 0) is 24.3 Å². The second kappa shape index (κ2) is 7.93. The monoisotopic (exact) mass is 418 g/mol. The Balaban J connectivity index is 1.58. The SMILES string of the molecule is N=S1(=O)CCN(c2ccc(N3CC(CNC(=S)C(F)F)OC3=O)cc2)CC1. The van der Waals surface area contributed by atoms with E-state index in [-0.39, 0.29) is 13.1 Å². The number of carbonyl (C=O) groups is 1. The fourth-order valence-corrected chi connectivity index (χ4v) is 4.28. The van der Waals surface area contributed by atoms with Crippen molar-refractivity contribution in [3.8, 4) is 0 Å². The van der Waals surface area contributed by atoms with Crippen molar-refractivity contribution >= 4 is 44.4 Å². The van der Waals surface area contributed by atoms with Crippen LogP contribution in [0.15, 0.2) is 24.3 Å². The number of nitrogens with zero attached hydrogens (tertiary/aromatic N) is 2. The van der Waals surface area contributed by atoms with Crippen molar-refractivity contribution in [2.45, 2.75) is 12.5 Å². The van der Waals surface area contributed by atoms with E-state index >= 15 is 0 Å². The first kappa shape index (κ1) is 19.7. The van der Waals surface area contributed by atoms with Gasteiger partial charge in [0.05, 0.1) is 13.1 Å². The van der Waals surface area contributed by atoms with E-state index in [1.165, 1.54) is 4.90 Å². The van der Waals surface area contributed by atoms with E-state index in [0.717, 1.165) is 5.69 Å². The molecule has 7 nitrogen and oxygen atoms in total. The zero-order valence-corrected chi connectivity index (χ0v) is 16.0. The van der Waals surface area contributed by atoms with Crippen LogP contribution >= 0.6 is 12.2 Å². The largest absolute Gasteiger partial charge is 0.442 e. The van der Waals surface area contributed by atoms with Gasteiger partial charge in [0.25, 0.3) is 6.43 Å². The van der Waals surface area contributed by atoms with E-state index in [2.05, 4.69) is 22.4 Å². The number of amides is 1. The van der Waals surface area contributed by atoms with Gasteiger partial charge in [0.1, 0.15) is 11.1 Å². The first-order chi connectivity index (χ1) is 12.7. The molecule has 1 aromatic rings. The summed E-state index contributed by atoms with van der Waals surface area (Å²) < 4.78 is 49.4. The molecule has 2 fully saturated rings. The predicted octanol–water partition coefficient (Wildman–Crippen LogP) is 2.06. The maximum atomic E-state index is 12.4. The third kappa shape index (κ3) is 4.83. The van der Waals surface area contributed by atoms with Crippen molar-refractivity contribution in [1.29, 1.82) is 4.78 Å². The molecule has 0 saturated carbocycles. The van der Waals surface area contributed by atoms with Gasteiger partial charge in [0.15, 0.2) is 0 Å². The van der Waals surface area contributed by atoms with Crippen LogP contribution in [0.4, 0.5) is 25.0 Å². The summed E-state index contributed by atoms with van der Waals surface area (Å²) in [5.74, 6) is 0.699. The van der Waals surface area contributed by atoms with Crippen LogP contribution in [0.5, 0.6) is 0 Å². The molecule has 1 aromatic carbocycles. The van der Waals surface area contributed by atoms with Crippen molar-refractivity contribution in [2.24, 2.45) is 0 Å². The third-order valence-electron chi connectivity index (χ3n) is 4.48. The Hall–Kier alpha value is -2.01. The highest BCUT2D eigenvalue weighted by Gasteiger charge is 2.32. The van der Waals surface area contributed by atoms with Crippen molar-refractivity contribution in [1.82, 2.24) is 5.32 Å². The molecule has 2 aliphatic heterocycles. The molecule has 2 saturated heterocycles. The number of ether oxygens (including phenoxy) is 1. The summed E-state index contributed by atoms with van der Waals surface area (Å²) in [4.78, 5) is 15.0. The molecule has 11 heteroatoms. The number of hydrogen-bond donors (Lipinski definition) is 2. The molecule has 2 heterocycles. The van der Waals surface area contributed by atoms with Crippen LogP contribution in [0.2, 0.25) is 0 Å². The average Bonchev–Trinajstić information content (AvgIpc) is 3.00. The van der Waals surface area contributed by atoms with Crippen LogP contribution in [0.1, 0.15) is 0 Å². The lowest BCUT2D eigenvalue weighted by Crippen LogP contribution is -2.39. The number of alkyl halides is 2. The molecule has 2 aliphatic rings. The summed E-state index contributed by atoms with van der Waals surface area (Å²) in [5.41, 5.74) is 1.57. The summed E-state index contributed by atoms with van der Waals surface area (Å²) in [6.45, 7) is 1.39. The van der Waals surface area contributed by atoms with E-state index in [1.807, 2.05) is 12.1 Å². The molecular weight excluding hydrogens is 398 g/mol. The Kier molecular flexibility index (Phi) is 5.80. The number of anilines is 2. The zero-order valence-electron chi connectivity index (χ0n) is 14.4. The van der Waals surface area contributed by atoms with Crippen LogP contribution in [0.25, 0.3) is 0 Å². The van der Waals surface area contributed by atoms with Crippen molar-refractivity contribution in [3.05, 3.63) is 24.3 Å². The lowest BCUT2D eigenvalue weighted by molar-refractivity contribution is 0.142. The lowest BCUT2D eigenvalue weighted by Gasteiger charge is -2.30. The first-order valence-corrected chi connectivity index (χ1v) is 10.7. The molecule has 2 N–H and O–H groups in total. The molecule has 0 radical (unpaired) electrons. The molecule has 27 heavy (non-hydrogen) atoms. The zero-order chi connectivity index (χ0) is 19.6. The minimum absolute atomic E-state index is 0.0314. The molecule has 1 atom stereocenters. The minimum Gasteiger partial charge on any atom is -0.442 e. The molecular formula is C16H20F2N4O3S2. The minimum atomic E-state index is -2.74. The van der Waals surface area contributed by atoms with Crippen LogP contribution < -0.4 is 15.1 Å². The Morgan fingerprint density at radius 1 is 1.30 bits per heavy atom. The first-order valence-electron chi connectivity index (χ1n) is 8.38. The maximum Gasteiger partial charge on any atom is 0.414 e. The molecule has 0 bridgehead atoms. The molecule has 0 aromatic heterocycles. The van der Waals surface area contributed by atoms with Crippen LogP contribution in [-0.2, 0) is 14.5 Å². The molecule has 0 spiro atoms. The van der Waals surface area contributed by atoms with Crippen molar-refractivity contribution in [3.63, 3.8) is 0 Å². The number of rotatable bonds is 5. The van der Waals surface area contributed by atoms with Gasteiger partial charge < -0.3 is 15.0 Å². The van der Waals surface area contributed by atoms with Gasteiger partial charge in [-0.15, -0.1) is 0 Å². The molecule has 0 aliphatic carbocycles. The van der Waals surface area contributed by atoms with Gasteiger partial charge >= 0.3 is 6.09 Å². The van der Waals surface area contributed by atoms with E-state index in [0.29, 0.717) is 30.3 Å². The number of nitrogens with one attached hydrogen (secondary N) is 2. The van der Waals surface area contributed by atoms with Crippen molar-refractivity contribution in [2.75, 3.05) is 47.5 Å². The lowest BCUT2D eigenvalue weighted by atomic mass is 10.2.